The molecule has 5 amide bonds. The van der Waals surface area contributed by atoms with Gasteiger partial charge in [0.05, 0.1) is 12.5 Å². The molecule has 1 aromatic carbocycles. The number of benzene rings is 1. The second kappa shape index (κ2) is 19.6. The first-order valence-electron chi connectivity index (χ1n) is 21.2. The molecule has 0 bridgehead atoms. The molecule has 2 fully saturated rings. The average molecular weight is 888 g/mol. The lowest BCUT2D eigenvalue weighted by atomic mass is 9.85. The molecular formula is C43H65N7O9S2. The van der Waals surface area contributed by atoms with Gasteiger partial charge in [-0.05, 0) is 59.1 Å². The van der Waals surface area contributed by atoms with Gasteiger partial charge in [-0.2, -0.15) is 4.31 Å². The fourth-order valence-electron chi connectivity index (χ4n) is 7.85. The molecule has 18 heteroatoms. The van der Waals surface area contributed by atoms with Gasteiger partial charge >= 0.3 is 6.03 Å². The van der Waals surface area contributed by atoms with Crippen LogP contribution in [0.4, 0.5) is 4.79 Å². The van der Waals surface area contributed by atoms with Gasteiger partial charge in [-0.15, -0.1) is 11.3 Å². The van der Waals surface area contributed by atoms with Crippen molar-refractivity contribution in [2.45, 2.75) is 146 Å². The maximum absolute atomic E-state index is 14.9. The van der Waals surface area contributed by atoms with Crippen LogP contribution in [0.3, 0.4) is 0 Å². The Bertz CT molecular complexity index is 1980. The zero-order valence-corrected chi connectivity index (χ0v) is 38.4. The van der Waals surface area contributed by atoms with Crippen LogP contribution in [0.15, 0.2) is 46.0 Å². The molecule has 338 valence electrons. The fourth-order valence-corrected chi connectivity index (χ4v) is 10.2. The van der Waals surface area contributed by atoms with E-state index in [0.29, 0.717) is 32.2 Å². The van der Waals surface area contributed by atoms with Crippen molar-refractivity contribution >= 4 is 51.4 Å². The first kappa shape index (κ1) is 48.1. The van der Waals surface area contributed by atoms with Gasteiger partial charge in [0.25, 0.3) is 10.0 Å². The smallest absolute Gasteiger partial charge is 0.315 e. The lowest BCUT2D eigenvalue weighted by molar-refractivity contribution is -0.219. The highest BCUT2D eigenvalue weighted by molar-refractivity contribution is 7.91. The lowest BCUT2D eigenvalue weighted by Gasteiger charge is -2.38. The highest BCUT2D eigenvalue weighted by atomic mass is 32.2. The molecule has 5 rings (SSSR count). The van der Waals surface area contributed by atoms with E-state index in [1.165, 1.54) is 27.9 Å². The van der Waals surface area contributed by atoms with Crippen LogP contribution in [0, 0.1) is 10.8 Å². The third-order valence-electron chi connectivity index (χ3n) is 11.7. The number of aldehydes is 1. The summed E-state index contributed by atoms with van der Waals surface area (Å²) < 4.78 is 34.2. The van der Waals surface area contributed by atoms with Crippen molar-refractivity contribution < 1.29 is 42.2 Å². The number of aliphatic hydroxyl groups excluding tert-OH is 1. The van der Waals surface area contributed by atoms with Gasteiger partial charge in [0.2, 0.25) is 24.1 Å². The fraction of sp³-hybridized carbons (Fsp3) is 0.651. The number of carbonyl (C=O) groups is 5. The molecule has 1 aromatic heterocycles. The van der Waals surface area contributed by atoms with E-state index >= 15 is 0 Å². The molecule has 1 saturated carbocycles. The molecular weight excluding hydrogens is 823 g/mol. The zero-order chi connectivity index (χ0) is 44.9. The molecule has 1 saturated heterocycles. The van der Waals surface area contributed by atoms with Gasteiger partial charge in [0.1, 0.15) is 28.1 Å². The van der Waals surface area contributed by atoms with Gasteiger partial charge < -0.3 is 40.8 Å². The predicted octanol–water partition coefficient (Wildman–Crippen LogP) is 3.34. The molecule has 0 radical (unpaired) electrons. The monoisotopic (exact) mass is 887 g/mol. The van der Waals surface area contributed by atoms with Crippen molar-refractivity contribution in [3.05, 3.63) is 52.9 Å². The number of sulfonamides is 1. The van der Waals surface area contributed by atoms with E-state index in [-0.39, 0.29) is 48.5 Å². The molecule has 3 heterocycles. The van der Waals surface area contributed by atoms with Crippen LogP contribution in [-0.4, -0.2) is 127 Å². The Balaban J connectivity index is 1.38. The summed E-state index contributed by atoms with van der Waals surface area (Å²) in [6.07, 6.45) is 1.18. The molecule has 1 aliphatic carbocycles. The topological polar surface area (TPSA) is 207 Å². The minimum Gasteiger partial charge on any atom is -0.356 e. The largest absolute Gasteiger partial charge is 0.356 e. The number of thiophene rings is 1. The van der Waals surface area contributed by atoms with Gasteiger partial charge in [-0.1, -0.05) is 85.2 Å². The Morgan fingerprint density at radius 2 is 1.70 bits per heavy atom. The number of rotatable bonds is 18. The second-order valence-corrected chi connectivity index (χ2v) is 22.1. The average Bonchev–Trinajstić information content (AvgIpc) is 3.62. The molecule has 61 heavy (non-hydrogen) atoms. The molecule has 0 spiro atoms. The Hall–Kier alpha value is -3.94. The number of carbonyl (C=O) groups excluding carboxylic acids is 5. The maximum atomic E-state index is 14.9. The third-order valence-corrected chi connectivity index (χ3v) is 14.9. The van der Waals surface area contributed by atoms with E-state index in [0.717, 1.165) is 29.7 Å². The molecule has 16 nitrogen and oxygen atoms in total. The standard InChI is InChI=1S/C43H65N7O9S2/c1-9-19-43(27-51,23-34(52)44-30-16-17-30)47-37(53)32-22-31(59-40(56)49-20-18-28-13-10-11-14-29(28)24-49)25-50(32)38(54)36(42(5,6)7)46-39(55)45-33(41(2,3)4)26-48(8)61(57,58)35-15-12-21-60-35/h10-15,21,27,30-33,36,40,56H,9,16-20,22-26H2,1-8H3,(H,44,52)(H,47,53)(H2,45,46,55)/t31-,32+,33-,36-,40?,43?/m1/s1. The second-order valence-electron chi connectivity index (χ2n) is 18.9. The molecule has 3 aliphatic rings. The first-order chi connectivity index (χ1) is 28.6. The molecule has 2 unspecified atom stereocenters. The van der Waals surface area contributed by atoms with Crippen molar-refractivity contribution in [1.29, 1.82) is 0 Å². The zero-order valence-electron chi connectivity index (χ0n) is 36.7. The van der Waals surface area contributed by atoms with E-state index in [1.54, 1.807) is 37.1 Å². The number of hydrogen-bond acceptors (Lipinski definition) is 11. The Labute approximate surface area is 364 Å². The Morgan fingerprint density at radius 1 is 1.02 bits per heavy atom. The van der Waals surface area contributed by atoms with Crippen molar-refractivity contribution in [2.75, 3.05) is 26.7 Å². The van der Waals surface area contributed by atoms with E-state index in [9.17, 15) is 37.5 Å². The van der Waals surface area contributed by atoms with E-state index in [1.807, 2.05) is 45.9 Å². The highest BCUT2D eigenvalue weighted by Crippen LogP contribution is 2.31. The number of likely N-dealkylation sites (N-methyl/N-ethyl adjacent to an activating group) is 1. The summed E-state index contributed by atoms with van der Waals surface area (Å²) >= 11 is 1.10. The van der Waals surface area contributed by atoms with Crippen LogP contribution < -0.4 is 21.3 Å². The number of aliphatic hydroxyl groups is 1. The SMILES string of the molecule is CCCC(C=O)(CC(=O)NC1CC1)NC(=O)[C@@H]1C[C@@H](OC(O)N2CCc3ccccc3C2)CN1C(=O)[C@@H](NC(=O)N[C@H](CN(C)S(=O)(=O)c1cccs1)C(C)(C)C)C(C)(C)C. The summed E-state index contributed by atoms with van der Waals surface area (Å²) in [6.45, 7) is 13.5. The number of fused-ring (bicyclic) bond motifs is 1. The number of likely N-dealkylation sites (tertiary alicyclic amines) is 1. The Kier molecular flexibility index (Phi) is 15.5. The Morgan fingerprint density at radius 3 is 2.30 bits per heavy atom. The maximum Gasteiger partial charge on any atom is 0.315 e. The van der Waals surface area contributed by atoms with Crippen LogP contribution in [0.25, 0.3) is 0 Å². The van der Waals surface area contributed by atoms with Crippen molar-refractivity contribution in [3.63, 3.8) is 0 Å². The summed E-state index contributed by atoms with van der Waals surface area (Å²) in [4.78, 5) is 72.1. The molecule has 6 atom stereocenters. The van der Waals surface area contributed by atoms with Crippen LogP contribution in [0.5, 0.6) is 0 Å². The molecule has 2 aliphatic heterocycles. The van der Waals surface area contributed by atoms with E-state index in [4.69, 9.17) is 4.74 Å². The van der Waals surface area contributed by atoms with Crippen LogP contribution >= 0.6 is 11.3 Å². The van der Waals surface area contributed by atoms with Gasteiger partial charge in [0.15, 0.2) is 0 Å². The summed E-state index contributed by atoms with van der Waals surface area (Å²) in [7, 11) is -2.38. The summed E-state index contributed by atoms with van der Waals surface area (Å²) in [5.41, 5.74) is -0.804. The number of nitrogens with zero attached hydrogens (tertiary/aromatic N) is 3. The number of urea groups is 1. The quantitative estimate of drug-likeness (QED) is 0.109. The van der Waals surface area contributed by atoms with Gasteiger partial charge in [0, 0.05) is 51.7 Å². The number of hydrogen-bond donors (Lipinski definition) is 5. The minimum atomic E-state index is -3.83. The van der Waals surface area contributed by atoms with E-state index < -0.39 is 74.9 Å². The highest BCUT2D eigenvalue weighted by Gasteiger charge is 2.48. The van der Waals surface area contributed by atoms with Gasteiger partial charge in [-0.3, -0.25) is 19.3 Å². The van der Waals surface area contributed by atoms with Crippen LogP contribution in [0.2, 0.25) is 0 Å². The third kappa shape index (κ3) is 12.4. The van der Waals surface area contributed by atoms with E-state index in [2.05, 4.69) is 27.3 Å². The van der Waals surface area contributed by atoms with Crippen LogP contribution in [-0.2, 0) is 46.9 Å². The van der Waals surface area contributed by atoms with Crippen molar-refractivity contribution in [3.8, 4) is 0 Å². The lowest BCUT2D eigenvalue weighted by Crippen LogP contribution is -2.62. The first-order valence-corrected chi connectivity index (χ1v) is 23.5. The van der Waals surface area contributed by atoms with Gasteiger partial charge in [-0.25, -0.2) is 13.2 Å². The summed E-state index contributed by atoms with van der Waals surface area (Å²) in [5, 5.41) is 24.5. The van der Waals surface area contributed by atoms with Crippen molar-refractivity contribution in [1.82, 2.24) is 35.4 Å². The number of ether oxygens (including phenoxy) is 1. The molecule has 5 N–H and O–H groups in total. The number of amides is 5. The molecule has 2 aromatic rings. The summed E-state index contributed by atoms with van der Waals surface area (Å²) in [6, 6.07) is 7.38. The predicted molar refractivity (Wildman–Crippen MR) is 231 cm³/mol. The minimum absolute atomic E-state index is 0.0331. The normalized spacial score (nSPS) is 21.1. The van der Waals surface area contributed by atoms with Crippen LogP contribution in [0.1, 0.15) is 98.1 Å². The van der Waals surface area contributed by atoms with Crippen molar-refractivity contribution in [2.24, 2.45) is 10.8 Å². The summed E-state index contributed by atoms with van der Waals surface area (Å²) in [5.74, 6) is -1.62. The number of nitrogens with one attached hydrogen (secondary N) is 4.